The lowest BCUT2D eigenvalue weighted by Crippen LogP contribution is -2.11. The van der Waals surface area contributed by atoms with Crippen molar-refractivity contribution in [1.29, 1.82) is 0 Å². The minimum Gasteiger partial charge on any atom is -0.493 e. The standard InChI is InChI=1S/C37H50O6/c1-4-29(3)28-42-37(39)31-23-21-30(22-24-31)35-27-32-33(19-18-20-34(32)43-35)40-25-16-14-12-10-8-6-7-9-11-13-15-17-26-41-36(38)5-2/h5,18-24,27,29H,2,4,6-17,25-26,28H2,1,3H3. The maximum atomic E-state index is 12.3. The third-order valence-corrected chi connectivity index (χ3v) is 7.83. The average molecular weight is 591 g/mol. The maximum Gasteiger partial charge on any atom is 0.338 e. The Morgan fingerprint density at radius 1 is 0.814 bits per heavy atom. The van der Waals surface area contributed by atoms with Crippen LogP contribution in [0.2, 0.25) is 0 Å². The minimum atomic E-state index is -0.327. The zero-order chi connectivity index (χ0) is 30.7. The van der Waals surface area contributed by atoms with Crippen molar-refractivity contribution in [2.75, 3.05) is 19.8 Å². The minimum absolute atomic E-state index is 0.294. The second kappa shape index (κ2) is 19.6. The molecule has 0 bridgehead atoms. The summed E-state index contributed by atoms with van der Waals surface area (Å²) >= 11 is 0. The van der Waals surface area contributed by atoms with Crippen LogP contribution in [0, 0.1) is 5.92 Å². The van der Waals surface area contributed by atoms with Gasteiger partial charge in [0.25, 0.3) is 0 Å². The van der Waals surface area contributed by atoms with Crippen molar-refractivity contribution in [3.8, 4) is 17.1 Å². The molecule has 3 rings (SSSR count). The molecule has 1 unspecified atom stereocenters. The van der Waals surface area contributed by atoms with Crippen LogP contribution >= 0.6 is 0 Å². The molecule has 0 N–H and O–H groups in total. The molecule has 43 heavy (non-hydrogen) atoms. The quantitative estimate of drug-likeness (QED) is 0.0658. The molecule has 0 amide bonds. The number of furan rings is 1. The number of rotatable bonds is 22. The van der Waals surface area contributed by atoms with E-state index in [0.717, 1.165) is 53.7 Å². The summed E-state index contributed by atoms with van der Waals surface area (Å²) in [5.41, 5.74) is 2.24. The number of esters is 2. The van der Waals surface area contributed by atoms with Crippen LogP contribution in [0.15, 0.2) is 65.6 Å². The molecule has 1 heterocycles. The summed E-state index contributed by atoms with van der Waals surface area (Å²) in [7, 11) is 0. The summed E-state index contributed by atoms with van der Waals surface area (Å²) in [4.78, 5) is 23.3. The van der Waals surface area contributed by atoms with E-state index in [9.17, 15) is 9.59 Å². The molecular formula is C37H50O6. The Morgan fingerprint density at radius 2 is 1.42 bits per heavy atom. The molecule has 0 spiro atoms. The monoisotopic (exact) mass is 590 g/mol. The predicted octanol–water partition coefficient (Wildman–Crippen LogP) is 10.1. The van der Waals surface area contributed by atoms with Crippen LogP contribution in [0.25, 0.3) is 22.3 Å². The largest absolute Gasteiger partial charge is 0.493 e. The van der Waals surface area contributed by atoms with Crippen LogP contribution < -0.4 is 4.74 Å². The topological polar surface area (TPSA) is 75.0 Å². The van der Waals surface area contributed by atoms with E-state index in [1.54, 1.807) is 12.1 Å². The molecule has 234 valence electrons. The van der Waals surface area contributed by atoms with E-state index >= 15 is 0 Å². The van der Waals surface area contributed by atoms with Crippen LogP contribution in [-0.4, -0.2) is 31.8 Å². The molecule has 6 heteroatoms. The number of hydrogen-bond acceptors (Lipinski definition) is 6. The van der Waals surface area contributed by atoms with Gasteiger partial charge in [-0.25, -0.2) is 9.59 Å². The van der Waals surface area contributed by atoms with Gasteiger partial charge in [-0.05, 0) is 49.1 Å². The molecule has 0 aliphatic rings. The smallest absolute Gasteiger partial charge is 0.338 e. The fourth-order valence-corrected chi connectivity index (χ4v) is 4.88. The van der Waals surface area contributed by atoms with E-state index in [-0.39, 0.29) is 11.9 Å². The number of carbonyl (C=O) groups is 2. The van der Waals surface area contributed by atoms with Gasteiger partial charge in [-0.3, -0.25) is 0 Å². The molecule has 0 aliphatic heterocycles. The highest BCUT2D eigenvalue weighted by atomic mass is 16.5. The summed E-state index contributed by atoms with van der Waals surface area (Å²) in [5.74, 6) is 1.32. The van der Waals surface area contributed by atoms with E-state index in [4.69, 9.17) is 18.6 Å². The third kappa shape index (κ3) is 12.3. The second-order valence-corrected chi connectivity index (χ2v) is 11.4. The predicted molar refractivity (Wildman–Crippen MR) is 173 cm³/mol. The molecule has 1 aromatic heterocycles. The number of benzene rings is 2. The average Bonchev–Trinajstić information content (AvgIpc) is 3.48. The molecule has 2 aromatic carbocycles. The van der Waals surface area contributed by atoms with E-state index in [1.807, 2.05) is 36.4 Å². The van der Waals surface area contributed by atoms with Gasteiger partial charge in [-0.2, -0.15) is 0 Å². The lowest BCUT2D eigenvalue weighted by atomic mass is 10.1. The Hall–Kier alpha value is -3.54. The van der Waals surface area contributed by atoms with E-state index in [0.29, 0.717) is 31.3 Å². The summed E-state index contributed by atoms with van der Waals surface area (Å²) in [6.07, 6.45) is 16.7. The van der Waals surface area contributed by atoms with Gasteiger partial charge in [0.1, 0.15) is 17.1 Å². The van der Waals surface area contributed by atoms with Gasteiger partial charge in [0, 0.05) is 11.6 Å². The first-order valence-corrected chi connectivity index (χ1v) is 16.2. The zero-order valence-corrected chi connectivity index (χ0v) is 26.2. The highest BCUT2D eigenvalue weighted by Crippen LogP contribution is 2.33. The van der Waals surface area contributed by atoms with Crippen molar-refractivity contribution in [1.82, 2.24) is 0 Å². The molecule has 0 saturated carbocycles. The second-order valence-electron chi connectivity index (χ2n) is 11.4. The van der Waals surface area contributed by atoms with E-state index < -0.39 is 0 Å². The van der Waals surface area contributed by atoms with Crippen LogP contribution in [0.4, 0.5) is 0 Å². The molecule has 0 radical (unpaired) electrons. The molecule has 0 saturated heterocycles. The first-order valence-electron chi connectivity index (χ1n) is 16.2. The third-order valence-electron chi connectivity index (χ3n) is 7.83. The van der Waals surface area contributed by atoms with Crippen molar-refractivity contribution in [2.45, 2.75) is 97.3 Å². The van der Waals surface area contributed by atoms with E-state index in [1.165, 1.54) is 63.9 Å². The summed E-state index contributed by atoms with van der Waals surface area (Å²) in [6.45, 7) is 9.19. The Morgan fingerprint density at radius 3 is 2.02 bits per heavy atom. The summed E-state index contributed by atoms with van der Waals surface area (Å²) in [5, 5.41) is 0.964. The summed E-state index contributed by atoms with van der Waals surface area (Å²) in [6, 6.07) is 15.3. The van der Waals surface area contributed by atoms with Crippen molar-refractivity contribution in [3.63, 3.8) is 0 Å². The number of hydrogen-bond donors (Lipinski definition) is 0. The number of unbranched alkanes of at least 4 members (excludes halogenated alkanes) is 11. The Kier molecular flexibility index (Phi) is 15.5. The van der Waals surface area contributed by atoms with Crippen molar-refractivity contribution < 1.29 is 28.2 Å². The van der Waals surface area contributed by atoms with Crippen LogP contribution in [-0.2, 0) is 14.3 Å². The fourth-order valence-electron chi connectivity index (χ4n) is 4.88. The lowest BCUT2D eigenvalue weighted by Gasteiger charge is -2.09. The van der Waals surface area contributed by atoms with Crippen molar-refractivity contribution >= 4 is 22.9 Å². The Bertz CT molecular complexity index is 1240. The molecular weight excluding hydrogens is 540 g/mol. The van der Waals surface area contributed by atoms with Gasteiger partial charge >= 0.3 is 11.9 Å². The normalized spacial score (nSPS) is 11.8. The van der Waals surface area contributed by atoms with Gasteiger partial charge in [0.15, 0.2) is 0 Å². The van der Waals surface area contributed by atoms with Crippen molar-refractivity contribution in [3.05, 3.63) is 66.7 Å². The van der Waals surface area contributed by atoms with Crippen molar-refractivity contribution in [2.24, 2.45) is 5.92 Å². The maximum absolute atomic E-state index is 12.3. The van der Waals surface area contributed by atoms with Crippen LogP contribution in [0.3, 0.4) is 0 Å². The Balaban J connectivity index is 1.28. The van der Waals surface area contributed by atoms with Gasteiger partial charge in [0.05, 0.1) is 30.8 Å². The SMILES string of the molecule is C=CC(=O)OCCCCCCCCCCCCCCOc1cccc2oc(-c3ccc(C(=O)OCC(C)CC)cc3)cc12. The zero-order valence-electron chi connectivity index (χ0n) is 26.2. The molecule has 1 atom stereocenters. The molecule has 0 aliphatic carbocycles. The van der Waals surface area contributed by atoms with Gasteiger partial charge in [-0.1, -0.05) is 109 Å². The Labute approximate surface area is 257 Å². The van der Waals surface area contributed by atoms with Gasteiger partial charge in [0.2, 0.25) is 0 Å². The number of carbonyl (C=O) groups excluding carboxylic acids is 2. The molecule has 0 fully saturated rings. The van der Waals surface area contributed by atoms with E-state index in [2.05, 4.69) is 20.4 Å². The highest BCUT2D eigenvalue weighted by Gasteiger charge is 2.13. The lowest BCUT2D eigenvalue weighted by molar-refractivity contribution is -0.137. The first kappa shape index (κ1) is 34.0. The number of ether oxygens (including phenoxy) is 3. The first-order chi connectivity index (χ1) is 21.0. The fraction of sp³-hybridized carbons (Fsp3) is 0.514. The van der Waals surface area contributed by atoms with Gasteiger partial charge < -0.3 is 18.6 Å². The molecule has 6 nitrogen and oxygen atoms in total. The highest BCUT2D eigenvalue weighted by molar-refractivity contribution is 5.91. The van der Waals surface area contributed by atoms with Crippen LogP contribution in [0.5, 0.6) is 5.75 Å². The molecule has 3 aromatic rings. The van der Waals surface area contributed by atoms with Gasteiger partial charge in [-0.15, -0.1) is 0 Å². The summed E-state index contributed by atoms with van der Waals surface area (Å²) < 4.78 is 22.7. The van der Waals surface area contributed by atoms with Crippen LogP contribution in [0.1, 0.15) is 108 Å². The number of fused-ring (bicyclic) bond motifs is 1.